The molecule has 0 saturated heterocycles. The van der Waals surface area contributed by atoms with Crippen molar-refractivity contribution < 1.29 is 19.1 Å². The summed E-state index contributed by atoms with van der Waals surface area (Å²) in [6.07, 6.45) is 1.46. The molecule has 2 aromatic rings. The van der Waals surface area contributed by atoms with Crippen LogP contribution in [-0.2, 0) is 9.53 Å². The number of carbonyl (C=O) groups excluding carboxylic acids is 2. The van der Waals surface area contributed by atoms with Crippen LogP contribution in [0.3, 0.4) is 0 Å². The Bertz CT molecular complexity index is 788. The van der Waals surface area contributed by atoms with Crippen molar-refractivity contribution in [3.8, 4) is 5.75 Å². The highest BCUT2D eigenvalue weighted by Crippen LogP contribution is 2.20. The van der Waals surface area contributed by atoms with Gasteiger partial charge in [-0.3, -0.25) is 4.79 Å². The fraction of sp³-hybridized carbons (Fsp3) is 0.167. The van der Waals surface area contributed by atoms with E-state index in [1.165, 1.54) is 13.3 Å². The van der Waals surface area contributed by atoms with Gasteiger partial charge in [-0.25, -0.2) is 10.2 Å². The van der Waals surface area contributed by atoms with Gasteiger partial charge in [-0.1, -0.05) is 23.7 Å². The van der Waals surface area contributed by atoms with Crippen molar-refractivity contribution in [1.82, 2.24) is 5.43 Å². The van der Waals surface area contributed by atoms with Crippen LogP contribution in [0.1, 0.15) is 21.5 Å². The van der Waals surface area contributed by atoms with Crippen LogP contribution in [0.15, 0.2) is 47.6 Å². The Labute approximate surface area is 150 Å². The van der Waals surface area contributed by atoms with Gasteiger partial charge in [0.05, 0.1) is 18.9 Å². The normalized spacial score (nSPS) is 10.5. The third-order valence-electron chi connectivity index (χ3n) is 3.23. The summed E-state index contributed by atoms with van der Waals surface area (Å²) in [5.74, 6) is -0.249. The van der Waals surface area contributed by atoms with E-state index >= 15 is 0 Å². The molecule has 6 nitrogen and oxygen atoms in total. The van der Waals surface area contributed by atoms with Crippen molar-refractivity contribution in [2.24, 2.45) is 5.10 Å². The lowest BCUT2D eigenvalue weighted by Crippen LogP contribution is -2.24. The van der Waals surface area contributed by atoms with Crippen LogP contribution >= 0.6 is 11.6 Å². The third kappa shape index (κ3) is 5.61. The van der Waals surface area contributed by atoms with Crippen molar-refractivity contribution >= 4 is 29.7 Å². The summed E-state index contributed by atoms with van der Waals surface area (Å²) >= 11 is 5.93. The molecule has 0 spiro atoms. The van der Waals surface area contributed by atoms with Gasteiger partial charge in [-0.2, -0.15) is 5.10 Å². The Morgan fingerprint density at radius 3 is 2.56 bits per heavy atom. The molecule has 0 aromatic heterocycles. The second-order valence-electron chi connectivity index (χ2n) is 5.11. The van der Waals surface area contributed by atoms with Crippen molar-refractivity contribution in [3.05, 3.63) is 64.2 Å². The lowest BCUT2D eigenvalue weighted by molar-refractivity contribution is -0.123. The van der Waals surface area contributed by atoms with E-state index in [1.54, 1.807) is 42.5 Å². The minimum absolute atomic E-state index is 0.167. The summed E-state index contributed by atoms with van der Waals surface area (Å²) in [6, 6.07) is 11.8. The summed E-state index contributed by atoms with van der Waals surface area (Å²) in [6.45, 7) is 1.69. The fourth-order valence-electron chi connectivity index (χ4n) is 1.89. The van der Waals surface area contributed by atoms with E-state index in [4.69, 9.17) is 16.3 Å². The number of hydrazone groups is 1. The summed E-state index contributed by atoms with van der Waals surface area (Å²) < 4.78 is 9.98. The van der Waals surface area contributed by atoms with E-state index in [0.717, 1.165) is 11.1 Å². The predicted octanol–water partition coefficient (Wildman–Crippen LogP) is 2.96. The van der Waals surface area contributed by atoms with Crippen molar-refractivity contribution in [2.45, 2.75) is 6.92 Å². The number of aryl methyl sites for hydroxylation is 1. The minimum Gasteiger partial charge on any atom is -0.484 e. The van der Waals surface area contributed by atoms with Crippen molar-refractivity contribution in [2.75, 3.05) is 13.7 Å². The summed E-state index contributed by atoms with van der Waals surface area (Å²) in [4.78, 5) is 23.0. The zero-order chi connectivity index (χ0) is 18.2. The molecule has 1 amide bonds. The maximum Gasteiger partial charge on any atom is 0.337 e. The number of nitrogens with zero attached hydrogens (tertiary/aromatic N) is 1. The quantitative estimate of drug-likeness (QED) is 0.488. The molecule has 7 heteroatoms. The van der Waals surface area contributed by atoms with Gasteiger partial charge in [-0.05, 0) is 48.4 Å². The van der Waals surface area contributed by atoms with Gasteiger partial charge in [0, 0.05) is 5.02 Å². The number of hydrogen-bond acceptors (Lipinski definition) is 5. The summed E-state index contributed by atoms with van der Waals surface area (Å²) in [5.41, 5.74) is 4.40. The molecule has 25 heavy (non-hydrogen) atoms. The third-order valence-corrected chi connectivity index (χ3v) is 3.66. The molecular weight excluding hydrogens is 344 g/mol. The maximum absolute atomic E-state index is 11.7. The first-order valence-electron chi connectivity index (χ1n) is 7.39. The Balaban J connectivity index is 1.81. The predicted molar refractivity (Wildman–Crippen MR) is 95.2 cm³/mol. The largest absolute Gasteiger partial charge is 0.484 e. The number of rotatable bonds is 6. The molecule has 0 aliphatic carbocycles. The molecule has 0 unspecified atom stereocenters. The van der Waals surface area contributed by atoms with Crippen LogP contribution in [0, 0.1) is 6.92 Å². The lowest BCUT2D eigenvalue weighted by atomic mass is 10.1. The number of amides is 1. The second kappa shape index (κ2) is 8.84. The molecule has 1 N–H and O–H groups in total. The molecule has 0 aliphatic heterocycles. The van der Waals surface area contributed by atoms with E-state index in [0.29, 0.717) is 16.3 Å². The number of benzene rings is 2. The zero-order valence-corrected chi connectivity index (χ0v) is 14.5. The molecule has 0 bridgehead atoms. The summed E-state index contributed by atoms with van der Waals surface area (Å²) in [5, 5.41) is 4.48. The number of ether oxygens (including phenoxy) is 2. The van der Waals surface area contributed by atoms with Crippen LogP contribution in [0.4, 0.5) is 0 Å². The molecule has 0 radical (unpaired) electrons. The number of esters is 1. The molecule has 0 aliphatic rings. The Hall–Kier alpha value is -2.86. The van der Waals surface area contributed by atoms with E-state index in [1.807, 2.05) is 6.92 Å². The Morgan fingerprint density at radius 1 is 1.20 bits per heavy atom. The smallest absolute Gasteiger partial charge is 0.337 e. The highest BCUT2D eigenvalue weighted by molar-refractivity contribution is 6.31. The van der Waals surface area contributed by atoms with Crippen LogP contribution < -0.4 is 10.2 Å². The van der Waals surface area contributed by atoms with Crippen LogP contribution in [0.5, 0.6) is 5.75 Å². The first-order valence-corrected chi connectivity index (χ1v) is 7.76. The monoisotopic (exact) mass is 360 g/mol. The van der Waals surface area contributed by atoms with Gasteiger partial charge >= 0.3 is 5.97 Å². The number of halogens is 1. The van der Waals surface area contributed by atoms with E-state index in [2.05, 4.69) is 15.3 Å². The van der Waals surface area contributed by atoms with Gasteiger partial charge in [0.2, 0.25) is 0 Å². The van der Waals surface area contributed by atoms with Gasteiger partial charge in [0.15, 0.2) is 6.61 Å². The first-order chi connectivity index (χ1) is 12.0. The van der Waals surface area contributed by atoms with Gasteiger partial charge in [0.25, 0.3) is 5.91 Å². The molecule has 0 saturated carbocycles. The zero-order valence-electron chi connectivity index (χ0n) is 13.8. The molecule has 0 atom stereocenters. The van der Waals surface area contributed by atoms with Crippen LogP contribution in [-0.4, -0.2) is 31.8 Å². The molecule has 0 heterocycles. The molecule has 2 aromatic carbocycles. The number of carbonyl (C=O) groups is 2. The van der Waals surface area contributed by atoms with Gasteiger partial charge < -0.3 is 9.47 Å². The molecule has 2 rings (SSSR count). The first kappa shape index (κ1) is 18.5. The minimum atomic E-state index is -0.411. The number of methoxy groups -OCH3 is 1. The average Bonchev–Trinajstić information content (AvgIpc) is 2.62. The Morgan fingerprint density at radius 2 is 1.92 bits per heavy atom. The van der Waals surface area contributed by atoms with E-state index in [-0.39, 0.29) is 6.61 Å². The van der Waals surface area contributed by atoms with Crippen LogP contribution in [0.2, 0.25) is 5.02 Å². The number of nitrogens with one attached hydrogen (secondary N) is 1. The lowest BCUT2D eigenvalue weighted by Gasteiger charge is -2.06. The molecular formula is C18H17ClN2O4. The SMILES string of the molecule is COC(=O)c1ccc(/C=N/NC(=O)COc2ccc(Cl)c(C)c2)cc1. The maximum atomic E-state index is 11.7. The van der Waals surface area contributed by atoms with Crippen LogP contribution in [0.25, 0.3) is 0 Å². The van der Waals surface area contributed by atoms with E-state index in [9.17, 15) is 9.59 Å². The van der Waals surface area contributed by atoms with Gasteiger partial charge in [0.1, 0.15) is 5.75 Å². The fourth-order valence-corrected chi connectivity index (χ4v) is 2.01. The summed E-state index contributed by atoms with van der Waals surface area (Å²) in [7, 11) is 1.32. The van der Waals surface area contributed by atoms with Crippen molar-refractivity contribution in [3.63, 3.8) is 0 Å². The second-order valence-corrected chi connectivity index (χ2v) is 5.51. The van der Waals surface area contributed by atoms with Crippen molar-refractivity contribution in [1.29, 1.82) is 0 Å². The highest BCUT2D eigenvalue weighted by Gasteiger charge is 2.04. The van der Waals surface area contributed by atoms with E-state index < -0.39 is 11.9 Å². The molecule has 0 fully saturated rings. The molecule has 130 valence electrons. The standard InChI is InChI=1S/C18H17ClN2O4/c1-12-9-15(7-8-16(12)19)25-11-17(22)21-20-10-13-3-5-14(6-4-13)18(23)24-2/h3-10H,11H2,1-2H3,(H,21,22)/b20-10+. The number of hydrogen-bond donors (Lipinski definition) is 1. The Kier molecular flexibility index (Phi) is 6.54. The highest BCUT2D eigenvalue weighted by atomic mass is 35.5. The van der Waals surface area contributed by atoms with Gasteiger partial charge in [-0.15, -0.1) is 0 Å². The average molecular weight is 361 g/mol. The topological polar surface area (TPSA) is 77.0 Å².